The van der Waals surface area contributed by atoms with Crippen LogP contribution < -0.4 is 29.6 Å². The maximum Gasteiger partial charge on any atom is 1.00 e. The largest absolute Gasteiger partial charge is 1.00 e. The molecule has 12 heavy (non-hydrogen) atoms. The van der Waals surface area contributed by atoms with E-state index in [2.05, 4.69) is 4.98 Å². The van der Waals surface area contributed by atoms with Gasteiger partial charge in [-0.2, -0.15) is 4.90 Å². The van der Waals surface area contributed by atoms with Crippen molar-refractivity contribution in [3.63, 3.8) is 0 Å². The Morgan fingerprint density at radius 1 is 1.17 bits per heavy atom. The number of fused-ring (bicyclic) bond motifs is 1. The summed E-state index contributed by atoms with van der Waals surface area (Å²) in [6.07, 6.45) is 3.59. The quantitative estimate of drug-likeness (QED) is 0.389. The molecule has 0 fully saturated rings. The van der Waals surface area contributed by atoms with E-state index in [0.29, 0.717) is 0 Å². The monoisotopic (exact) mass is 183 g/mol. The van der Waals surface area contributed by atoms with Crippen molar-refractivity contribution in [1.29, 1.82) is 0 Å². The van der Waals surface area contributed by atoms with E-state index in [0.717, 1.165) is 15.7 Å². The summed E-state index contributed by atoms with van der Waals surface area (Å²) in [5, 5.41) is 2.22. The van der Waals surface area contributed by atoms with E-state index in [1.54, 1.807) is 6.20 Å². The topological polar surface area (TPSA) is 12.9 Å². The standard InChI is InChI=1S/C9H7NS.Na/c11-9-3-1-2-7-6-10-5-4-8(7)9;/h1-6,11H;/q;+1/p-1. The molecule has 0 saturated heterocycles. The maximum atomic E-state index is 5.13. The van der Waals surface area contributed by atoms with Gasteiger partial charge in [-0.15, -0.1) is 0 Å². The smallest absolute Gasteiger partial charge is 0.779 e. The van der Waals surface area contributed by atoms with Gasteiger partial charge < -0.3 is 12.6 Å². The van der Waals surface area contributed by atoms with E-state index in [1.807, 2.05) is 30.5 Å². The Morgan fingerprint density at radius 3 is 2.75 bits per heavy atom. The third-order valence-corrected chi connectivity index (χ3v) is 2.00. The fourth-order valence-corrected chi connectivity index (χ4v) is 1.36. The number of pyridine rings is 1. The third-order valence-electron chi connectivity index (χ3n) is 1.64. The molecule has 0 atom stereocenters. The van der Waals surface area contributed by atoms with Crippen LogP contribution in [0.1, 0.15) is 0 Å². The second-order valence-electron chi connectivity index (χ2n) is 2.35. The summed E-state index contributed by atoms with van der Waals surface area (Å²) in [6, 6.07) is 7.83. The Labute approximate surface area is 98.9 Å². The molecule has 0 spiro atoms. The van der Waals surface area contributed by atoms with Crippen LogP contribution in [0.2, 0.25) is 0 Å². The van der Waals surface area contributed by atoms with Crippen molar-refractivity contribution in [1.82, 2.24) is 4.98 Å². The zero-order chi connectivity index (χ0) is 7.68. The summed E-state index contributed by atoms with van der Waals surface area (Å²) in [5.74, 6) is 0. The molecule has 1 nitrogen and oxygen atoms in total. The Hall–Kier alpha value is -0.150. The van der Waals surface area contributed by atoms with E-state index >= 15 is 0 Å². The first-order valence-corrected chi connectivity index (χ1v) is 3.78. The molecule has 0 aliphatic rings. The molecule has 0 saturated carbocycles. The number of nitrogens with zero attached hydrogens (tertiary/aromatic N) is 1. The molecule has 0 unspecified atom stereocenters. The molecule has 1 aromatic heterocycles. The number of rotatable bonds is 0. The van der Waals surface area contributed by atoms with Crippen LogP contribution in [0.25, 0.3) is 10.8 Å². The predicted octanol–water partition coefficient (Wildman–Crippen LogP) is -0.855. The van der Waals surface area contributed by atoms with Gasteiger partial charge in [-0.25, -0.2) is 0 Å². The summed E-state index contributed by atoms with van der Waals surface area (Å²) in [4.78, 5) is 4.90. The van der Waals surface area contributed by atoms with Gasteiger partial charge in [0, 0.05) is 12.4 Å². The van der Waals surface area contributed by atoms with Crippen molar-refractivity contribution < 1.29 is 29.6 Å². The minimum Gasteiger partial charge on any atom is -0.779 e. The molecule has 3 heteroatoms. The van der Waals surface area contributed by atoms with Crippen LogP contribution in [0.15, 0.2) is 41.6 Å². The predicted molar refractivity (Wildman–Crippen MR) is 47.4 cm³/mol. The molecule has 1 aromatic carbocycles. The van der Waals surface area contributed by atoms with Crippen molar-refractivity contribution in [2.75, 3.05) is 0 Å². The van der Waals surface area contributed by atoms with Crippen LogP contribution in [-0.4, -0.2) is 4.98 Å². The van der Waals surface area contributed by atoms with Gasteiger partial charge in [0.05, 0.1) is 0 Å². The molecule has 54 valence electrons. The average molecular weight is 183 g/mol. The van der Waals surface area contributed by atoms with Crippen LogP contribution in [0.3, 0.4) is 0 Å². The zero-order valence-electron chi connectivity index (χ0n) is 6.82. The minimum absolute atomic E-state index is 0. The summed E-state index contributed by atoms with van der Waals surface area (Å²) in [5.41, 5.74) is 0. The molecule has 2 rings (SSSR count). The van der Waals surface area contributed by atoms with Crippen molar-refractivity contribution in [2.24, 2.45) is 0 Å². The SMILES string of the molecule is [Na+].[S-]c1cccc2cnccc12. The van der Waals surface area contributed by atoms with Crippen LogP contribution in [0, 0.1) is 0 Å². The van der Waals surface area contributed by atoms with Gasteiger partial charge >= 0.3 is 29.6 Å². The van der Waals surface area contributed by atoms with Crippen LogP contribution in [0.5, 0.6) is 0 Å². The Balaban J connectivity index is 0.000000720. The Kier molecular flexibility index (Phi) is 3.47. The first-order chi connectivity index (χ1) is 5.38. The second-order valence-corrected chi connectivity index (χ2v) is 2.79. The van der Waals surface area contributed by atoms with Gasteiger partial charge in [0.15, 0.2) is 0 Å². The molecule has 0 N–H and O–H groups in total. The molecular weight excluding hydrogens is 177 g/mol. The molecule has 1 heterocycles. The number of aromatic nitrogens is 1. The van der Waals surface area contributed by atoms with Crippen molar-refractivity contribution in [3.05, 3.63) is 36.7 Å². The molecule has 0 radical (unpaired) electrons. The van der Waals surface area contributed by atoms with Gasteiger partial charge in [0.2, 0.25) is 0 Å². The van der Waals surface area contributed by atoms with E-state index in [9.17, 15) is 0 Å². The van der Waals surface area contributed by atoms with E-state index in [1.165, 1.54) is 0 Å². The number of hydrogen-bond acceptors (Lipinski definition) is 2. The zero-order valence-corrected chi connectivity index (χ0v) is 9.64. The van der Waals surface area contributed by atoms with E-state index in [4.69, 9.17) is 12.6 Å². The van der Waals surface area contributed by atoms with Crippen molar-refractivity contribution >= 4 is 23.4 Å². The summed E-state index contributed by atoms with van der Waals surface area (Å²) in [6.45, 7) is 0. The van der Waals surface area contributed by atoms with Crippen LogP contribution >= 0.6 is 0 Å². The van der Waals surface area contributed by atoms with Crippen molar-refractivity contribution in [3.8, 4) is 0 Å². The molecule has 2 aromatic rings. The molecule has 0 bridgehead atoms. The minimum atomic E-state index is 0. The second kappa shape index (κ2) is 4.19. The molecular formula is C9H6NNaS. The van der Waals surface area contributed by atoms with Gasteiger partial charge in [-0.3, -0.25) is 4.98 Å². The fraction of sp³-hybridized carbons (Fsp3) is 0. The Morgan fingerprint density at radius 2 is 2.00 bits per heavy atom. The van der Waals surface area contributed by atoms with E-state index in [-0.39, 0.29) is 29.6 Å². The normalized spacial score (nSPS) is 9.33. The van der Waals surface area contributed by atoms with Crippen LogP contribution in [0.4, 0.5) is 0 Å². The summed E-state index contributed by atoms with van der Waals surface area (Å²) >= 11 is 5.13. The van der Waals surface area contributed by atoms with Crippen molar-refractivity contribution in [2.45, 2.75) is 4.90 Å². The Bertz CT molecular complexity index is 384. The number of hydrogen-bond donors (Lipinski definition) is 0. The summed E-state index contributed by atoms with van der Waals surface area (Å²) in [7, 11) is 0. The third kappa shape index (κ3) is 1.77. The first-order valence-electron chi connectivity index (χ1n) is 3.38. The summed E-state index contributed by atoms with van der Waals surface area (Å²) < 4.78 is 0. The maximum absolute atomic E-state index is 5.13. The fourth-order valence-electron chi connectivity index (χ4n) is 1.09. The molecule has 0 amide bonds. The van der Waals surface area contributed by atoms with Gasteiger partial charge in [-0.05, 0) is 16.8 Å². The molecule has 0 aliphatic heterocycles. The number of benzene rings is 1. The van der Waals surface area contributed by atoms with Gasteiger partial charge in [0.1, 0.15) is 0 Å². The molecule has 0 aliphatic carbocycles. The van der Waals surface area contributed by atoms with Gasteiger partial charge in [-0.1, -0.05) is 18.2 Å². The van der Waals surface area contributed by atoms with E-state index < -0.39 is 0 Å². The first kappa shape index (κ1) is 9.93. The van der Waals surface area contributed by atoms with Crippen LogP contribution in [-0.2, 0) is 12.6 Å². The average Bonchev–Trinajstić information content (AvgIpc) is 2.06. The van der Waals surface area contributed by atoms with Gasteiger partial charge in [0.25, 0.3) is 0 Å².